The van der Waals surface area contributed by atoms with Crippen LogP contribution in [0.3, 0.4) is 0 Å². The minimum Gasteiger partial charge on any atom is -0.361 e. The smallest absolute Gasteiger partial charge is 0.309 e. The van der Waals surface area contributed by atoms with Crippen LogP contribution >= 0.6 is 0 Å². The van der Waals surface area contributed by atoms with Crippen molar-refractivity contribution in [3.8, 4) is 0 Å². The van der Waals surface area contributed by atoms with Gasteiger partial charge in [0.25, 0.3) is 0 Å². The average Bonchev–Trinajstić information content (AvgIpc) is 2.36. The number of hydrogen-bond acceptors (Lipinski definition) is 2. The van der Waals surface area contributed by atoms with Gasteiger partial charge in [0.05, 0.1) is 19.6 Å². The number of amides is 2. The van der Waals surface area contributed by atoms with Crippen LogP contribution in [0.5, 0.6) is 0 Å². The average molecular weight is 238 g/mol. The minimum atomic E-state index is -0.903. The summed E-state index contributed by atoms with van der Waals surface area (Å²) in [6.45, 7) is 6.70. The third-order valence-corrected chi connectivity index (χ3v) is 4.14. The number of carbonyl (C=O) groups excluding carboxylic acids is 2. The molecule has 0 saturated carbocycles. The van der Waals surface area contributed by atoms with Gasteiger partial charge in [-0.3, -0.25) is 9.59 Å². The first-order chi connectivity index (χ1) is 8.11. The summed E-state index contributed by atoms with van der Waals surface area (Å²) in [5, 5.41) is 2.61. The predicted octanol–water partition coefficient (Wildman–Crippen LogP) is -1.93. The molecule has 2 amide bonds. The second-order valence-corrected chi connectivity index (χ2v) is 5.07. The first-order valence-corrected chi connectivity index (χ1v) is 6.16. The number of primary amides is 1. The summed E-state index contributed by atoms with van der Waals surface area (Å²) in [6, 6.07) is 0.424. The van der Waals surface area contributed by atoms with E-state index in [0.717, 1.165) is 19.5 Å². The summed E-state index contributed by atoms with van der Waals surface area (Å²) in [5.41, 5.74) is 4.90. The van der Waals surface area contributed by atoms with Crippen molar-refractivity contribution >= 4 is 11.8 Å². The van der Waals surface area contributed by atoms with Gasteiger partial charge in [-0.2, -0.15) is 0 Å². The Kier molecular flexibility index (Phi) is 3.47. The fraction of sp³-hybridized carbons (Fsp3) is 0.667. The molecule has 4 atom stereocenters. The summed E-state index contributed by atoms with van der Waals surface area (Å²) in [4.78, 5) is 23.2. The summed E-state index contributed by atoms with van der Waals surface area (Å²) in [7, 11) is 0. The molecule has 0 aromatic heterocycles. The summed E-state index contributed by atoms with van der Waals surface area (Å²) in [6.07, 6.45) is 4.40. The highest BCUT2D eigenvalue weighted by atomic mass is 16.2. The second-order valence-electron chi connectivity index (χ2n) is 5.07. The molecule has 0 spiro atoms. The lowest BCUT2D eigenvalue weighted by Gasteiger charge is -2.46. The van der Waals surface area contributed by atoms with Gasteiger partial charge in [0, 0.05) is 18.8 Å². The zero-order valence-electron chi connectivity index (χ0n) is 9.95. The van der Waals surface area contributed by atoms with Crippen molar-refractivity contribution in [1.82, 2.24) is 5.32 Å². The van der Waals surface area contributed by atoms with Gasteiger partial charge in [0.15, 0.2) is 0 Å². The molecule has 0 aromatic rings. The number of quaternary nitrogens is 1. The van der Waals surface area contributed by atoms with E-state index in [0.29, 0.717) is 24.4 Å². The van der Waals surface area contributed by atoms with Crippen LogP contribution in [0.2, 0.25) is 0 Å². The largest absolute Gasteiger partial charge is 0.361 e. The molecule has 17 heavy (non-hydrogen) atoms. The highest BCUT2D eigenvalue weighted by Crippen LogP contribution is 2.27. The number of rotatable bonds is 3. The molecule has 2 bridgehead atoms. The molecule has 3 aliphatic rings. The number of nitrogens with one attached hydrogen (secondary N) is 2. The molecule has 1 unspecified atom stereocenters. The van der Waals surface area contributed by atoms with Crippen molar-refractivity contribution in [2.24, 2.45) is 17.6 Å². The fourth-order valence-electron chi connectivity index (χ4n) is 3.16. The number of nitrogens with two attached hydrogens (primary N) is 1. The van der Waals surface area contributed by atoms with Crippen LogP contribution < -0.4 is 16.0 Å². The van der Waals surface area contributed by atoms with Gasteiger partial charge in [-0.15, -0.1) is 6.58 Å². The number of hydrogen-bond donors (Lipinski definition) is 3. The molecule has 3 heterocycles. The quantitative estimate of drug-likeness (QED) is 0.395. The molecule has 3 fully saturated rings. The number of fused-ring (bicyclic) bond motifs is 3. The molecular formula is C12H20N3O2+. The molecule has 3 aliphatic heterocycles. The molecule has 3 saturated heterocycles. The van der Waals surface area contributed by atoms with E-state index >= 15 is 0 Å². The molecule has 94 valence electrons. The van der Waals surface area contributed by atoms with E-state index in [-0.39, 0.29) is 0 Å². The zero-order chi connectivity index (χ0) is 12.4. The molecule has 3 rings (SSSR count). The lowest BCUT2D eigenvalue weighted by molar-refractivity contribution is -0.944. The van der Waals surface area contributed by atoms with Crippen LogP contribution in [0.1, 0.15) is 12.8 Å². The summed E-state index contributed by atoms with van der Waals surface area (Å²) in [5.74, 6) is -0.269. The Balaban J connectivity index is 1.86. The first-order valence-electron chi connectivity index (χ1n) is 6.16. The van der Waals surface area contributed by atoms with E-state index in [4.69, 9.17) is 5.73 Å². The van der Waals surface area contributed by atoms with E-state index in [1.165, 1.54) is 11.3 Å². The van der Waals surface area contributed by atoms with Crippen LogP contribution in [-0.2, 0) is 9.59 Å². The van der Waals surface area contributed by atoms with Crippen molar-refractivity contribution in [3.05, 3.63) is 12.7 Å². The summed E-state index contributed by atoms with van der Waals surface area (Å²) >= 11 is 0. The van der Waals surface area contributed by atoms with Gasteiger partial charge in [-0.25, -0.2) is 0 Å². The number of piperidine rings is 3. The number of carbonyl (C=O) groups is 2. The van der Waals surface area contributed by atoms with E-state index in [9.17, 15) is 9.59 Å². The standard InChI is InChI=1S/C12H19N3O2/c1-2-8-7-15-4-3-9(8)5-10(15)6-14-12(17)11(13)16/h2,8-10H,1,3-7H2,(H2,13,16)(H,14,17)/p+1/t8-,9+,10+/m0/s1. The van der Waals surface area contributed by atoms with Crippen LogP contribution in [0, 0.1) is 11.8 Å². The van der Waals surface area contributed by atoms with Gasteiger partial charge in [0.2, 0.25) is 0 Å². The van der Waals surface area contributed by atoms with E-state index in [1.54, 1.807) is 0 Å². The van der Waals surface area contributed by atoms with Crippen molar-refractivity contribution in [2.75, 3.05) is 19.6 Å². The molecule has 5 heteroatoms. The Morgan fingerprint density at radius 3 is 2.82 bits per heavy atom. The van der Waals surface area contributed by atoms with Gasteiger partial charge in [-0.1, -0.05) is 6.08 Å². The topological polar surface area (TPSA) is 76.6 Å². The van der Waals surface area contributed by atoms with Gasteiger partial charge in [-0.05, 0) is 5.92 Å². The monoisotopic (exact) mass is 238 g/mol. The van der Waals surface area contributed by atoms with Crippen molar-refractivity contribution in [2.45, 2.75) is 18.9 Å². The summed E-state index contributed by atoms with van der Waals surface area (Å²) < 4.78 is 0. The first kappa shape index (κ1) is 12.1. The highest BCUT2D eigenvalue weighted by molar-refractivity contribution is 6.34. The fourth-order valence-corrected chi connectivity index (χ4v) is 3.16. The van der Waals surface area contributed by atoms with Crippen LogP contribution in [0.15, 0.2) is 12.7 Å². The Hall–Kier alpha value is -1.36. The van der Waals surface area contributed by atoms with Gasteiger partial charge >= 0.3 is 11.8 Å². The second kappa shape index (κ2) is 4.87. The van der Waals surface area contributed by atoms with Gasteiger partial charge in [0.1, 0.15) is 6.04 Å². The Bertz CT molecular complexity index is 343. The minimum absolute atomic E-state index is 0.424. The van der Waals surface area contributed by atoms with Crippen LogP contribution in [0.4, 0.5) is 0 Å². The lowest BCUT2D eigenvalue weighted by atomic mass is 9.75. The van der Waals surface area contributed by atoms with Crippen molar-refractivity contribution in [3.63, 3.8) is 0 Å². The normalized spacial score (nSPS) is 35.3. The van der Waals surface area contributed by atoms with Crippen LogP contribution in [0.25, 0.3) is 0 Å². The van der Waals surface area contributed by atoms with Crippen LogP contribution in [-0.4, -0.2) is 37.5 Å². The maximum absolute atomic E-state index is 11.1. The molecule has 5 nitrogen and oxygen atoms in total. The Morgan fingerprint density at radius 1 is 1.53 bits per heavy atom. The van der Waals surface area contributed by atoms with E-state index in [2.05, 4.69) is 18.0 Å². The zero-order valence-corrected chi connectivity index (χ0v) is 9.95. The van der Waals surface area contributed by atoms with Gasteiger partial charge < -0.3 is 16.0 Å². The molecule has 4 N–H and O–H groups in total. The molecule has 0 radical (unpaired) electrons. The predicted molar refractivity (Wildman–Crippen MR) is 63.1 cm³/mol. The Labute approximate surface area is 101 Å². The molecule has 0 aliphatic carbocycles. The van der Waals surface area contributed by atoms with Crippen molar-refractivity contribution in [1.29, 1.82) is 0 Å². The van der Waals surface area contributed by atoms with E-state index in [1.807, 2.05) is 0 Å². The SMILES string of the molecule is C=C[C@H]1C[NH+]2CC[C@@H]1C[C@@H]2CNC(=O)C(N)=O. The third kappa shape index (κ3) is 2.49. The highest BCUT2D eigenvalue weighted by Gasteiger charge is 2.42. The molecular weight excluding hydrogens is 218 g/mol. The van der Waals surface area contributed by atoms with Crippen molar-refractivity contribution < 1.29 is 14.5 Å². The van der Waals surface area contributed by atoms with E-state index < -0.39 is 11.8 Å². The maximum Gasteiger partial charge on any atom is 0.309 e. The Morgan fingerprint density at radius 2 is 2.29 bits per heavy atom. The lowest BCUT2D eigenvalue weighted by Crippen LogP contribution is -3.20. The maximum atomic E-state index is 11.1. The third-order valence-electron chi connectivity index (χ3n) is 4.14. The molecule has 0 aromatic carbocycles.